The van der Waals surface area contributed by atoms with Crippen molar-refractivity contribution in [3.05, 3.63) is 28.8 Å². The zero-order valence-electron chi connectivity index (χ0n) is 10.7. The number of nitrogens with one attached hydrogen (secondary N) is 2. The molecule has 2 N–H and O–H groups in total. The SMILES string of the molecule is COc1ccc(Cl)cc1CCNC(=O)C1CSCN1. The summed E-state index contributed by atoms with van der Waals surface area (Å²) in [5.41, 5.74) is 1.00. The molecule has 1 saturated heterocycles. The molecular formula is C13H17ClN2O2S. The van der Waals surface area contributed by atoms with E-state index < -0.39 is 0 Å². The predicted octanol–water partition coefficient (Wildman–Crippen LogP) is 1.67. The summed E-state index contributed by atoms with van der Waals surface area (Å²) in [6.45, 7) is 0.582. The molecule has 0 spiro atoms. The van der Waals surface area contributed by atoms with Crippen LogP contribution in [-0.2, 0) is 11.2 Å². The van der Waals surface area contributed by atoms with Gasteiger partial charge in [0, 0.05) is 23.2 Å². The normalized spacial score (nSPS) is 18.3. The highest BCUT2D eigenvalue weighted by molar-refractivity contribution is 7.99. The van der Waals surface area contributed by atoms with E-state index in [0.29, 0.717) is 18.0 Å². The van der Waals surface area contributed by atoms with Crippen molar-refractivity contribution < 1.29 is 9.53 Å². The van der Waals surface area contributed by atoms with E-state index in [9.17, 15) is 4.79 Å². The Hall–Kier alpha value is -0.910. The second kappa shape index (κ2) is 7.03. The molecule has 0 aliphatic carbocycles. The van der Waals surface area contributed by atoms with E-state index in [4.69, 9.17) is 16.3 Å². The molecule has 0 radical (unpaired) electrons. The van der Waals surface area contributed by atoms with Crippen LogP contribution in [0.2, 0.25) is 5.02 Å². The van der Waals surface area contributed by atoms with Crippen LogP contribution >= 0.6 is 23.4 Å². The van der Waals surface area contributed by atoms with Crippen LogP contribution in [0.25, 0.3) is 0 Å². The van der Waals surface area contributed by atoms with Gasteiger partial charge in [0.15, 0.2) is 0 Å². The molecule has 1 fully saturated rings. The Morgan fingerprint density at radius 1 is 1.63 bits per heavy atom. The minimum absolute atomic E-state index is 0.0611. The molecule has 6 heteroatoms. The molecule has 4 nitrogen and oxygen atoms in total. The topological polar surface area (TPSA) is 50.4 Å². The van der Waals surface area contributed by atoms with E-state index >= 15 is 0 Å². The maximum Gasteiger partial charge on any atom is 0.238 e. The average molecular weight is 301 g/mol. The summed E-state index contributed by atoms with van der Waals surface area (Å²) < 4.78 is 5.27. The summed E-state index contributed by atoms with van der Waals surface area (Å²) in [4.78, 5) is 11.8. The lowest BCUT2D eigenvalue weighted by molar-refractivity contribution is -0.122. The van der Waals surface area contributed by atoms with Gasteiger partial charge in [-0.25, -0.2) is 0 Å². The monoisotopic (exact) mass is 300 g/mol. The van der Waals surface area contributed by atoms with Crippen LogP contribution in [0.3, 0.4) is 0 Å². The molecule has 19 heavy (non-hydrogen) atoms. The van der Waals surface area contributed by atoms with Crippen LogP contribution in [0.4, 0.5) is 0 Å². The number of hydrogen-bond donors (Lipinski definition) is 2. The number of carbonyl (C=O) groups excluding carboxylic acids is 1. The lowest BCUT2D eigenvalue weighted by atomic mass is 10.1. The van der Waals surface area contributed by atoms with E-state index in [1.54, 1.807) is 24.9 Å². The number of amides is 1. The molecule has 1 amide bonds. The first-order chi connectivity index (χ1) is 9.20. The number of ether oxygens (including phenoxy) is 1. The van der Waals surface area contributed by atoms with Crippen LogP contribution in [-0.4, -0.2) is 37.2 Å². The number of methoxy groups -OCH3 is 1. The van der Waals surface area contributed by atoms with Crippen molar-refractivity contribution >= 4 is 29.3 Å². The third-order valence-electron chi connectivity index (χ3n) is 2.97. The summed E-state index contributed by atoms with van der Waals surface area (Å²) >= 11 is 7.70. The molecule has 1 aromatic carbocycles. The molecule has 1 aromatic rings. The Bertz CT molecular complexity index is 450. The lowest BCUT2D eigenvalue weighted by Crippen LogP contribution is -2.42. The fraction of sp³-hybridized carbons (Fsp3) is 0.462. The van der Waals surface area contributed by atoms with Gasteiger partial charge in [0.05, 0.1) is 13.2 Å². The highest BCUT2D eigenvalue weighted by Crippen LogP contribution is 2.22. The van der Waals surface area contributed by atoms with Crippen molar-refractivity contribution in [3.8, 4) is 5.75 Å². The number of rotatable bonds is 5. The second-order valence-electron chi connectivity index (χ2n) is 4.27. The summed E-state index contributed by atoms with van der Waals surface area (Å²) in [5, 5.41) is 6.75. The van der Waals surface area contributed by atoms with Gasteiger partial charge in [0.25, 0.3) is 0 Å². The van der Waals surface area contributed by atoms with Crippen LogP contribution in [0, 0.1) is 0 Å². The predicted molar refractivity (Wildman–Crippen MR) is 79.0 cm³/mol. The Morgan fingerprint density at radius 2 is 2.47 bits per heavy atom. The summed E-state index contributed by atoms with van der Waals surface area (Å²) in [7, 11) is 1.63. The zero-order chi connectivity index (χ0) is 13.7. The minimum atomic E-state index is -0.0637. The van der Waals surface area contributed by atoms with E-state index in [2.05, 4.69) is 10.6 Å². The van der Waals surface area contributed by atoms with Gasteiger partial charge < -0.3 is 10.1 Å². The molecule has 1 aliphatic rings. The molecule has 0 saturated carbocycles. The Balaban J connectivity index is 1.84. The van der Waals surface area contributed by atoms with Crippen LogP contribution in [0.5, 0.6) is 5.75 Å². The fourth-order valence-electron chi connectivity index (χ4n) is 1.95. The third kappa shape index (κ3) is 4.03. The molecule has 1 heterocycles. The summed E-state index contributed by atoms with van der Waals surface area (Å²) in [6.07, 6.45) is 0.704. The van der Waals surface area contributed by atoms with Crippen molar-refractivity contribution in [3.63, 3.8) is 0 Å². The van der Waals surface area contributed by atoms with Gasteiger partial charge in [0.2, 0.25) is 5.91 Å². The minimum Gasteiger partial charge on any atom is -0.496 e. The summed E-state index contributed by atoms with van der Waals surface area (Å²) in [6, 6.07) is 5.44. The molecular weight excluding hydrogens is 284 g/mol. The van der Waals surface area contributed by atoms with Crippen molar-refractivity contribution in [2.45, 2.75) is 12.5 Å². The first-order valence-corrected chi connectivity index (χ1v) is 7.65. The van der Waals surface area contributed by atoms with Crippen LogP contribution < -0.4 is 15.4 Å². The van der Waals surface area contributed by atoms with Gasteiger partial charge in [-0.15, -0.1) is 11.8 Å². The van der Waals surface area contributed by atoms with E-state index in [-0.39, 0.29) is 11.9 Å². The maximum absolute atomic E-state index is 11.8. The number of thioether (sulfide) groups is 1. The van der Waals surface area contributed by atoms with Gasteiger partial charge in [0.1, 0.15) is 5.75 Å². The van der Waals surface area contributed by atoms with Crippen molar-refractivity contribution in [1.29, 1.82) is 0 Å². The van der Waals surface area contributed by atoms with Gasteiger partial charge in [-0.05, 0) is 30.2 Å². The zero-order valence-corrected chi connectivity index (χ0v) is 12.3. The standard InChI is InChI=1S/C13H17ClN2O2S/c1-18-12-3-2-10(14)6-9(12)4-5-15-13(17)11-7-19-8-16-11/h2-3,6,11,16H,4-5,7-8H2,1H3,(H,15,17). The van der Waals surface area contributed by atoms with E-state index in [1.165, 1.54) is 0 Å². The smallest absolute Gasteiger partial charge is 0.238 e. The largest absolute Gasteiger partial charge is 0.496 e. The molecule has 1 unspecified atom stereocenters. The number of hydrogen-bond acceptors (Lipinski definition) is 4. The molecule has 1 aliphatic heterocycles. The Morgan fingerprint density at radius 3 is 3.16 bits per heavy atom. The van der Waals surface area contributed by atoms with Crippen molar-refractivity contribution in [2.24, 2.45) is 0 Å². The van der Waals surface area contributed by atoms with Crippen LogP contribution in [0.1, 0.15) is 5.56 Å². The Kier molecular flexibility index (Phi) is 5.36. The van der Waals surface area contributed by atoms with E-state index in [0.717, 1.165) is 22.9 Å². The number of carbonyl (C=O) groups is 1. The molecule has 0 aromatic heterocycles. The molecule has 104 valence electrons. The number of halogens is 1. The average Bonchev–Trinajstić information content (AvgIpc) is 2.93. The molecule has 2 rings (SSSR count). The van der Waals surface area contributed by atoms with Crippen molar-refractivity contribution in [2.75, 3.05) is 25.3 Å². The van der Waals surface area contributed by atoms with Gasteiger partial charge in [-0.3, -0.25) is 10.1 Å². The third-order valence-corrected chi connectivity index (χ3v) is 4.14. The van der Waals surface area contributed by atoms with Gasteiger partial charge in [-0.2, -0.15) is 0 Å². The highest BCUT2D eigenvalue weighted by Gasteiger charge is 2.21. The lowest BCUT2D eigenvalue weighted by Gasteiger charge is -2.12. The van der Waals surface area contributed by atoms with Gasteiger partial charge >= 0.3 is 0 Å². The highest BCUT2D eigenvalue weighted by atomic mass is 35.5. The first kappa shape index (κ1) is 14.5. The molecule has 0 bridgehead atoms. The van der Waals surface area contributed by atoms with E-state index in [1.807, 2.05) is 12.1 Å². The van der Waals surface area contributed by atoms with Crippen molar-refractivity contribution in [1.82, 2.24) is 10.6 Å². The second-order valence-corrected chi connectivity index (χ2v) is 5.74. The number of benzene rings is 1. The van der Waals surface area contributed by atoms with Gasteiger partial charge in [-0.1, -0.05) is 11.6 Å². The molecule has 1 atom stereocenters. The fourth-order valence-corrected chi connectivity index (χ4v) is 3.09. The summed E-state index contributed by atoms with van der Waals surface area (Å²) in [5.74, 6) is 2.55. The van der Waals surface area contributed by atoms with Crippen LogP contribution in [0.15, 0.2) is 18.2 Å². The maximum atomic E-state index is 11.8. The quantitative estimate of drug-likeness (QED) is 0.868. The first-order valence-electron chi connectivity index (χ1n) is 6.12. The Labute approximate surface area is 122 Å².